The van der Waals surface area contributed by atoms with Gasteiger partial charge in [0, 0.05) is 12.1 Å². The zero-order chi connectivity index (χ0) is 19.5. The fraction of sp³-hybridized carbons (Fsp3) is 0.625. The molecule has 0 bridgehead atoms. The maximum atomic E-state index is 11.8. The first-order valence-corrected chi connectivity index (χ1v) is 8.75. The second-order valence-corrected chi connectivity index (χ2v) is 7.60. The standard InChI is InChI=1S/C16H24ClN5O4/c1-16(2,3)26-15(25)20-9-6-4-8(5-7-9)19-13-11(17)21-10(14(23)24)12(18)22-13/h8-9H,4-7H2,1-3H3,(H,20,25)(H,23,24)(H3,18,19,22). The number of anilines is 2. The van der Waals surface area contributed by atoms with Crippen LogP contribution in [0.4, 0.5) is 16.4 Å². The van der Waals surface area contributed by atoms with Crippen LogP contribution in [-0.2, 0) is 4.74 Å². The number of hydrogen-bond acceptors (Lipinski definition) is 7. The lowest BCUT2D eigenvalue weighted by molar-refractivity contribution is 0.0491. The number of ether oxygens (including phenoxy) is 1. The van der Waals surface area contributed by atoms with Crippen LogP contribution in [0.15, 0.2) is 0 Å². The van der Waals surface area contributed by atoms with E-state index >= 15 is 0 Å². The average molecular weight is 386 g/mol. The molecule has 1 aliphatic carbocycles. The molecule has 1 heterocycles. The number of hydrogen-bond donors (Lipinski definition) is 4. The number of carboxylic acids is 1. The first-order valence-electron chi connectivity index (χ1n) is 8.37. The second kappa shape index (κ2) is 7.94. The monoisotopic (exact) mass is 385 g/mol. The van der Waals surface area contributed by atoms with E-state index in [1.165, 1.54) is 0 Å². The van der Waals surface area contributed by atoms with Crippen molar-refractivity contribution >= 4 is 35.3 Å². The zero-order valence-electron chi connectivity index (χ0n) is 15.0. The topological polar surface area (TPSA) is 139 Å². The largest absolute Gasteiger partial charge is 0.476 e. The van der Waals surface area contributed by atoms with E-state index in [-0.39, 0.29) is 34.6 Å². The minimum absolute atomic E-state index is 0.0365. The van der Waals surface area contributed by atoms with Gasteiger partial charge in [0.05, 0.1) is 0 Å². The highest BCUT2D eigenvalue weighted by Crippen LogP contribution is 2.26. The van der Waals surface area contributed by atoms with Crippen LogP contribution < -0.4 is 16.4 Å². The van der Waals surface area contributed by atoms with Gasteiger partial charge in [0.25, 0.3) is 0 Å². The van der Waals surface area contributed by atoms with Crippen molar-refractivity contribution < 1.29 is 19.4 Å². The van der Waals surface area contributed by atoms with Crippen molar-refractivity contribution in [3.63, 3.8) is 0 Å². The smallest absolute Gasteiger partial charge is 0.407 e. The van der Waals surface area contributed by atoms with Crippen molar-refractivity contribution in [2.24, 2.45) is 0 Å². The molecule has 144 valence electrons. The maximum absolute atomic E-state index is 11.8. The van der Waals surface area contributed by atoms with Crippen molar-refractivity contribution in [2.75, 3.05) is 11.1 Å². The molecule has 0 spiro atoms. The molecule has 26 heavy (non-hydrogen) atoms. The Balaban J connectivity index is 1.88. The highest BCUT2D eigenvalue weighted by molar-refractivity contribution is 6.31. The van der Waals surface area contributed by atoms with Crippen LogP contribution in [0.5, 0.6) is 0 Å². The molecule has 1 aromatic rings. The number of amides is 1. The summed E-state index contributed by atoms with van der Waals surface area (Å²) in [5.41, 5.74) is 4.71. The van der Waals surface area contributed by atoms with Crippen LogP contribution >= 0.6 is 11.6 Å². The van der Waals surface area contributed by atoms with Gasteiger partial charge in [-0.1, -0.05) is 11.6 Å². The first-order chi connectivity index (χ1) is 12.0. The lowest BCUT2D eigenvalue weighted by Gasteiger charge is -2.30. The van der Waals surface area contributed by atoms with E-state index in [9.17, 15) is 9.59 Å². The molecular formula is C16H24ClN5O4. The average Bonchev–Trinajstić information content (AvgIpc) is 2.50. The number of carboxylic acid groups (broad SMARTS) is 1. The van der Waals surface area contributed by atoms with E-state index in [4.69, 9.17) is 27.2 Å². The van der Waals surface area contributed by atoms with Gasteiger partial charge < -0.3 is 26.2 Å². The van der Waals surface area contributed by atoms with E-state index in [0.29, 0.717) is 0 Å². The molecule has 1 aromatic heterocycles. The van der Waals surface area contributed by atoms with Crippen molar-refractivity contribution in [1.82, 2.24) is 15.3 Å². The van der Waals surface area contributed by atoms with E-state index < -0.39 is 17.7 Å². The number of nitrogens with two attached hydrogens (primary N) is 1. The van der Waals surface area contributed by atoms with Crippen molar-refractivity contribution in [1.29, 1.82) is 0 Å². The molecule has 0 unspecified atom stereocenters. The van der Waals surface area contributed by atoms with Gasteiger partial charge >= 0.3 is 12.1 Å². The minimum Gasteiger partial charge on any atom is -0.476 e. The summed E-state index contributed by atoms with van der Waals surface area (Å²) in [7, 11) is 0. The molecule has 0 radical (unpaired) electrons. The molecule has 0 aromatic carbocycles. The van der Waals surface area contributed by atoms with E-state index in [1.54, 1.807) is 0 Å². The fourth-order valence-corrected chi connectivity index (χ4v) is 2.91. The number of carbonyl (C=O) groups excluding carboxylic acids is 1. The van der Waals surface area contributed by atoms with Gasteiger partial charge in [-0.15, -0.1) is 0 Å². The van der Waals surface area contributed by atoms with E-state index in [1.807, 2.05) is 20.8 Å². The molecule has 9 nitrogen and oxygen atoms in total. The SMILES string of the molecule is CC(C)(C)OC(=O)NC1CCC(Nc2nc(N)c(C(=O)O)nc2Cl)CC1. The van der Waals surface area contributed by atoms with E-state index in [0.717, 1.165) is 25.7 Å². The number of nitrogens with one attached hydrogen (secondary N) is 2. The lowest BCUT2D eigenvalue weighted by atomic mass is 9.91. The Bertz CT molecular complexity index is 684. The van der Waals surface area contributed by atoms with Crippen molar-refractivity contribution in [3.05, 3.63) is 10.8 Å². The number of alkyl carbamates (subject to hydrolysis) is 1. The van der Waals surface area contributed by atoms with Gasteiger partial charge in [0.2, 0.25) is 0 Å². The normalized spacial score (nSPS) is 20.3. The van der Waals surface area contributed by atoms with Crippen molar-refractivity contribution in [3.8, 4) is 0 Å². The minimum atomic E-state index is -1.28. The number of rotatable bonds is 4. The van der Waals surface area contributed by atoms with Crippen molar-refractivity contribution in [2.45, 2.75) is 64.1 Å². The quantitative estimate of drug-likeness (QED) is 0.620. The highest BCUT2D eigenvalue weighted by atomic mass is 35.5. The summed E-state index contributed by atoms with van der Waals surface area (Å²) in [5, 5.41) is 14.9. The molecule has 5 N–H and O–H groups in total. The summed E-state index contributed by atoms with van der Waals surface area (Å²) in [6, 6.07) is 0.123. The summed E-state index contributed by atoms with van der Waals surface area (Å²) in [4.78, 5) is 30.6. The van der Waals surface area contributed by atoms with Gasteiger partial charge in [-0.25, -0.2) is 19.6 Å². The summed E-state index contributed by atoms with van der Waals surface area (Å²) in [5.74, 6) is -1.21. The van der Waals surface area contributed by atoms with Crippen LogP contribution in [0.1, 0.15) is 56.9 Å². The van der Waals surface area contributed by atoms with E-state index in [2.05, 4.69) is 20.6 Å². The first kappa shape index (κ1) is 20.0. The molecule has 2 rings (SSSR count). The van der Waals surface area contributed by atoms with Crippen LogP contribution in [-0.4, -0.2) is 44.8 Å². The third kappa shape index (κ3) is 5.62. The number of carbonyl (C=O) groups is 2. The lowest BCUT2D eigenvalue weighted by Crippen LogP contribution is -2.42. The number of aromatic carboxylic acids is 1. The summed E-state index contributed by atoms with van der Waals surface area (Å²) < 4.78 is 5.26. The molecule has 1 saturated carbocycles. The van der Waals surface area contributed by atoms with Crippen LogP contribution in [0.3, 0.4) is 0 Å². The second-order valence-electron chi connectivity index (χ2n) is 7.24. The fourth-order valence-electron chi connectivity index (χ4n) is 2.73. The Labute approximate surface area is 156 Å². The number of aromatic nitrogens is 2. The highest BCUT2D eigenvalue weighted by Gasteiger charge is 2.26. The van der Waals surface area contributed by atoms with Crippen LogP contribution in [0.2, 0.25) is 5.15 Å². The molecular weight excluding hydrogens is 362 g/mol. The zero-order valence-corrected chi connectivity index (χ0v) is 15.8. The Kier molecular flexibility index (Phi) is 6.12. The predicted octanol–water partition coefficient (Wildman–Crippen LogP) is 2.66. The van der Waals surface area contributed by atoms with Gasteiger partial charge in [-0.3, -0.25) is 0 Å². The number of nitrogens with zero attached hydrogens (tertiary/aromatic N) is 2. The van der Waals surface area contributed by atoms with Gasteiger partial charge in [-0.05, 0) is 46.5 Å². The molecule has 1 aliphatic rings. The summed E-state index contributed by atoms with van der Waals surface area (Å²) in [6.45, 7) is 5.46. The Morgan fingerprint density at radius 1 is 1.19 bits per heavy atom. The molecule has 1 amide bonds. The number of halogens is 1. The molecule has 1 fully saturated rings. The Morgan fingerprint density at radius 2 is 1.77 bits per heavy atom. The van der Waals surface area contributed by atoms with Gasteiger partial charge in [0.1, 0.15) is 5.60 Å². The summed E-state index contributed by atoms with van der Waals surface area (Å²) >= 11 is 6.00. The molecule has 0 saturated heterocycles. The summed E-state index contributed by atoms with van der Waals surface area (Å²) in [6.07, 6.45) is 2.67. The van der Waals surface area contributed by atoms with Crippen LogP contribution in [0.25, 0.3) is 0 Å². The van der Waals surface area contributed by atoms with Gasteiger partial charge in [-0.2, -0.15) is 0 Å². The number of nitrogen functional groups attached to an aromatic ring is 1. The van der Waals surface area contributed by atoms with Crippen LogP contribution in [0, 0.1) is 0 Å². The third-order valence-electron chi connectivity index (χ3n) is 3.87. The molecule has 0 aliphatic heterocycles. The third-order valence-corrected chi connectivity index (χ3v) is 4.14. The molecule has 10 heteroatoms. The maximum Gasteiger partial charge on any atom is 0.407 e. The molecule has 0 atom stereocenters. The predicted molar refractivity (Wildman–Crippen MR) is 97.5 cm³/mol. The van der Waals surface area contributed by atoms with Gasteiger partial charge in [0.15, 0.2) is 22.5 Å². The Morgan fingerprint density at radius 3 is 2.31 bits per heavy atom. The Hall–Kier alpha value is -2.29.